The topological polar surface area (TPSA) is 67.2 Å². The first-order chi connectivity index (χ1) is 11.9. The van der Waals surface area contributed by atoms with Crippen molar-refractivity contribution in [3.05, 3.63) is 53.3 Å². The quantitative estimate of drug-likeness (QED) is 0.773. The van der Waals surface area contributed by atoms with Crippen molar-refractivity contribution >= 4 is 5.91 Å². The second kappa shape index (κ2) is 8.81. The predicted molar refractivity (Wildman–Crippen MR) is 99.8 cm³/mol. The molecule has 0 spiro atoms. The molecule has 1 heterocycles. The first-order valence-electron chi connectivity index (χ1n) is 9.00. The number of aromatic nitrogens is 2. The van der Waals surface area contributed by atoms with Crippen molar-refractivity contribution in [3.63, 3.8) is 0 Å². The van der Waals surface area contributed by atoms with Crippen molar-refractivity contribution in [3.8, 4) is 0 Å². The number of amides is 1. The molecule has 2 unspecified atom stereocenters. The Bertz CT molecular complexity index is 678. The minimum atomic E-state index is -0.420. The van der Waals surface area contributed by atoms with E-state index in [1.54, 1.807) is 11.6 Å². The average molecular weight is 343 g/mol. The number of nitrogens with zero attached hydrogens (tertiary/aromatic N) is 2. The second-order valence-corrected chi connectivity index (χ2v) is 6.84. The Morgan fingerprint density at radius 1 is 1.24 bits per heavy atom. The van der Waals surface area contributed by atoms with Crippen LogP contribution in [-0.2, 0) is 6.54 Å². The molecule has 0 aliphatic heterocycles. The summed E-state index contributed by atoms with van der Waals surface area (Å²) in [7, 11) is 0. The van der Waals surface area contributed by atoms with Crippen LogP contribution in [0.1, 0.15) is 67.6 Å². The fourth-order valence-electron chi connectivity index (χ4n) is 2.99. The highest BCUT2D eigenvalue weighted by Gasteiger charge is 2.20. The van der Waals surface area contributed by atoms with Gasteiger partial charge >= 0.3 is 0 Å². The van der Waals surface area contributed by atoms with Crippen LogP contribution < -0.4 is 5.32 Å². The molecule has 136 valence electrons. The van der Waals surface area contributed by atoms with Gasteiger partial charge in [-0.3, -0.25) is 9.48 Å². The van der Waals surface area contributed by atoms with Crippen molar-refractivity contribution in [2.24, 2.45) is 0 Å². The Morgan fingerprint density at radius 3 is 2.48 bits per heavy atom. The summed E-state index contributed by atoms with van der Waals surface area (Å²) in [5, 5.41) is 17.3. The van der Waals surface area contributed by atoms with E-state index >= 15 is 0 Å². The smallest absolute Gasteiger partial charge is 0.254 e. The van der Waals surface area contributed by atoms with E-state index < -0.39 is 6.10 Å². The first-order valence-corrected chi connectivity index (χ1v) is 9.00. The van der Waals surface area contributed by atoms with Gasteiger partial charge in [-0.2, -0.15) is 5.10 Å². The molecular formula is C20H29N3O2. The zero-order chi connectivity index (χ0) is 18.4. The predicted octanol–water partition coefficient (Wildman–Crippen LogP) is 3.31. The fraction of sp³-hybridized carbons (Fsp3) is 0.500. The number of aliphatic hydroxyl groups is 1. The van der Waals surface area contributed by atoms with Gasteiger partial charge in [0, 0.05) is 25.2 Å². The lowest BCUT2D eigenvalue weighted by Crippen LogP contribution is -2.30. The van der Waals surface area contributed by atoms with Gasteiger partial charge in [-0.1, -0.05) is 44.2 Å². The zero-order valence-electron chi connectivity index (χ0n) is 15.6. The van der Waals surface area contributed by atoms with Crippen LogP contribution in [0.4, 0.5) is 0 Å². The highest BCUT2D eigenvalue weighted by molar-refractivity contribution is 5.95. The molecule has 0 radical (unpaired) electrons. The third-order valence-corrected chi connectivity index (χ3v) is 4.31. The number of aliphatic hydroxyl groups excluding tert-OH is 1. The summed E-state index contributed by atoms with van der Waals surface area (Å²) in [6.07, 6.45) is 2.00. The van der Waals surface area contributed by atoms with Crippen LogP contribution >= 0.6 is 0 Å². The molecule has 0 saturated carbocycles. The van der Waals surface area contributed by atoms with Crippen molar-refractivity contribution in [2.75, 3.05) is 6.54 Å². The molecule has 2 rings (SSSR count). The number of benzene rings is 1. The van der Waals surface area contributed by atoms with Gasteiger partial charge in [-0.15, -0.1) is 0 Å². The molecule has 1 aromatic carbocycles. The molecule has 1 amide bonds. The average Bonchev–Trinajstić information content (AvgIpc) is 3.03. The van der Waals surface area contributed by atoms with Gasteiger partial charge in [0.05, 0.1) is 17.4 Å². The van der Waals surface area contributed by atoms with Crippen LogP contribution in [0.15, 0.2) is 36.5 Å². The molecule has 1 aromatic heterocycles. The molecular weight excluding hydrogens is 314 g/mol. The highest BCUT2D eigenvalue weighted by Crippen LogP contribution is 2.22. The first kappa shape index (κ1) is 19.2. The molecule has 25 heavy (non-hydrogen) atoms. The van der Waals surface area contributed by atoms with Crippen molar-refractivity contribution in [1.82, 2.24) is 15.1 Å². The summed E-state index contributed by atoms with van der Waals surface area (Å²) in [5.41, 5.74) is 2.59. The van der Waals surface area contributed by atoms with Gasteiger partial charge in [0.1, 0.15) is 0 Å². The third kappa shape index (κ3) is 5.16. The van der Waals surface area contributed by atoms with E-state index in [9.17, 15) is 9.90 Å². The van der Waals surface area contributed by atoms with Crippen LogP contribution in [0.2, 0.25) is 0 Å². The molecule has 2 aromatic rings. The van der Waals surface area contributed by atoms with E-state index in [1.165, 1.54) is 0 Å². The van der Waals surface area contributed by atoms with E-state index in [1.807, 2.05) is 57.3 Å². The molecule has 0 fully saturated rings. The lowest BCUT2D eigenvalue weighted by Gasteiger charge is -2.19. The SMILES string of the molecule is CCn1cc(C(=O)NCC(CC(C)O)c2ccccc2)c(C(C)C)n1. The Morgan fingerprint density at radius 2 is 1.92 bits per heavy atom. The number of aryl methyl sites for hydroxylation is 1. The van der Waals surface area contributed by atoms with Crippen molar-refractivity contribution in [2.45, 2.75) is 58.6 Å². The lowest BCUT2D eigenvalue weighted by atomic mass is 9.93. The lowest BCUT2D eigenvalue weighted by molar-refractivity contribution is 0.0944. The normalized spacial score (nSPS) is 13.7. The summed E-state index contributed by atoms with van der Waals surface area (Å²) < 4.78 is 1.80. The molecule has 5 nitrogen and oxygen atoms in total. The number of carbonyl (C=O) groups excluding carboxylic acids is 1. The molecule has 0 saturated heterocycles. The Kier molecular flexibility index (Phi) is 6.76. The summed E-state index contributed by atoms with van der Waals surface area (Å²) in [6, 6.07) is 10.00. The molecule has 0 aliphatic carbocycles. The Labute approximate surface area is 150 Å². The van der Waals surface area contributed by atoms with Crippen LogP contribution in [-0.4, -0.2) is 33.4 Å². The molecule has 0 bridgehead atoms. The number of carbonyl (C=O) groups is 1. The van der Waals surface area contributed by atoms with Gasteiger partial charge in [0.25, 0.3) is 5.91 Å². The summed E-state index contributed by atoms with van der Waals surface area (Å²) in [4.78, 5) is 12.7. The van der Waals surface area contributed by atoms with Gasteiger partial charge in [0.2, 0.25) is 0 Å². The molecule has 2 atom stereocenters. The molecule has 0 aliphatic rings. The largest absolute Gasteiger partial charge is 0.393 e. The maximum Gasteiger partial charge on any atom is 0.254 e. The van der Waals surface area contributed by atoms with E-state index in [0.29, 0.717) is 18.5 Å². The van der Waals surface area contributed by atoms with E-state index in [0.717, 1.165) is 17.8 Å². The van der Waals surface area contributed by atoms with E-state index in [4.69, 9.17) is 0 Å². The Balaban J connectivity index is 2.12. The number of hydrogen-bond acceptors (Lipinski definition) is 3. The summed E-state index contributed by atoms with van der Waals surface area (Å²) in [5.74, 6) is 0.166. The third-order valence-electron chi connectivity index (χ3n) is 4.31. The zero-order valence-corrected chi connectivity index (χ0v) is 15.6. The highest BCUT2D eigenvalue weighted by atomic mass is 16.3. The van der Waals surface area contributed by atoms with Gasteiger partial charge in [0.15, 0.2) is 0 Å². The van der Waals surface area contributed by atoms with Gasteiger partial charge in [-0.05, 0) is 31.7 Å². The van der Waals surface area contributed by atoms with Gasteiger partial charge in [-0.25, -0.2) is 0 Å². The second-order valence-electron chi connectivity index (χ2n) is 6.84. The fourth-order valence-corrected chi connectivity index (χ4v) is 2.99. The van der Waals surface area contributed by atoms with Crippen LogP contribution in [0.5, 0.6) is 0 Å². The molecule has 2 N–H and O–H groups in total. The van der Waals surface area contributed by atoms with Crippen LogP contribution in [0.3, 0.4) is 0 Å². The monoisotopic (exact) mass is 343 g/mol. The Hall–Kier alpha value is -2.14. The minimum Gasteiger partial charge on any atom is -0.393 e. The maximum absolute atomic E-state index is 12.7. The number of nitrogens with one attached hydrogen (secondary N) is 1. The summed E-state index contributed by atoms with van der Waals surface area (Å²) >= 11 is 0. The van der Waals surface area contributed by atoms with Crippen molar-refractivity contribution < 1.29 is 9.90 Å². The number of hydrogen-bond donors (Lipinski definition) is 2. The molecule has 5 heteroatoms. The van der Waals surface area contributed by atoms with Crippen LogP contribution in [0.25, 0.3) is 0 Å². The minimum absolute atomic E-state index is 0.0777. The number of rotatable bonds is 8. The van der Waals surface area contributed by atoms with E-state index in [2.05, 4.69) is 10.4 Å². The van der Waals surface area contributed by atoms with Crippen LogP contribution in [0, 0.1) is 0 Å². The van der Waals surface area contributed by atoms with Gasteiger partial charge < -0.3 is 10.4 Å². The van der Waals surface area contributed by atoms with E-state index in [-0.39, 0.29) is 17.7 Å². The maximum atomic E-state index is 12.7. The summed E-state index contributed by atoms with van der Waals surface area (Å²) in [6.45, 7) is 9.09. The van der Waals surface area contributed by atoms with Crippen molar-refractivity contribution in [1.29, 1.82) is 0 Å². The standard InChI is InChI=1S/C20H29N3O2/c1-5-23-13-18(19(22-23)14(2)3)20(25)21-12-17(11-15(4)24)16-9-7-6-8-10-16/h6-10,13-15,17,24H,5,11-12H2,1-4H3,(H,21,25).